The van der Waals surface area contributed by atoms with Crippen LogP contribution in [0.5, 0.6) is 0 Å². The number of thiocyanates is 1. The Bertz CT molecular complexity index is 62.4. The van der Waals surface area contributed by atoms with Gasteiger partial charge in [0.25, 0.3) is 0 Å². The first kappa shape index (κ1) is 5.84. The van der Waals surface area contributed by atoms with Crippen LogP contribution < -0.4 is 0 Å². The van der Waals surface area contributed by atoms with Gasteiger partial charge < -0.3 is 0 Å². The third-order valence-corrected chi connectivity index (χ3v) is 0.865. The lowest BCUT2D eigenvalue weighted by atomic mass is 10.6. The van der Waals surface area contributed by atoms with Crippen LogP contribution in [-0.2, 0) is 0 Å². The molecular weight excluding hydrogens is 94.1 g/mol. The monoisotopic (exact) mass is 101 g/mol. The highest BCUT2D eigenvalue weighted by atomic mass is 32.2. The van der Waals surface area contributed by atoms with Crippen LogP contribution in [0.4, 0.5) is 0 Å². The predicted molar refractivity (Wildman–Crippen MR) is 28.3 cm³/mol. The van der Waals surface area contributed by atoms with Crippen LogP contribution in [0.3, 0.4) is 0 Å². The molecule has 0 bridgehead atoms. The van der Waals surface area contributed by atoms with Crippen molar-refractivity contribution in [3.8, 4) is 5.40 Å². The number of nitrogens with zero attached hydrogens (tertiary/aromatic N) is 1. The van der Waals surface area contributed by atoms with E-state index in [0.717, 1.165) is 0 Å². The van der Waals surface area contributed by atoms with Crippen LogP contribution >= 0.6 is 11.8 Å². The van der Waals surface area contributed by atoms with Crippen LogP contribution in [0.15, 0.2) is 0 Å². The van der Waals surface area contributed by atoms with Gasteiger partial charge in [-0.05, 0) is 11.8 Å². The lowest BCUT2D eigenvalue weighted by molar-refractivity contribution is 1.12. The van der Waals surface area contributed by atoms with Crippen LogP contribution in [0.1, 0.15) is 13.8 Å². The Morgan fingerprint density at radius 2 is 2.17 bits per heavy atom. The molecule has 0 amide bonds. The topological polar surface area (TPSA) is 23.8 Å². The van der Waals surface area contributed by atoms with Crippen molar-refractivity contribution in [2.45, 2.75) is 19.1 Å². The molecule has 6 heavy (non-hydrogen) atoms. The Morgan fingerprint density at radius 1 is 1.67 bits per heavy atom. The first-order valence-corrected chi connectivity index (χ1v) is 2.70. The van der Waals surface area contributed by atoms with Gasteiger partial charge in [-0.2, -0.15) is 5.26 Å². The average molecular weight is 101 g/mol. The average Bonchev–Trinajstić information content (AvgIpc) is 1.35. The number of hydrogen-bond donors (Lipinski definition) is 0. The molecule has 0 saturated heterocycles. The fourth-order valence-corrected chi connectivity index (χ4v) is 0.316. The maximum atomic E-state index is 7.95. The normalized spacial score (nSPS) is 8.33. The van der Waals surface area contributed by atoms with Gasteiger partial charge in [0.05, 0.1) is 0 Å². The van der Waals surface area contributed by atoms with E-state index in [1.165, 1.54) is 11.8 Å². The maximum absolute atomic E-state index is 7.95. The Labute approximate surface area is 42.3 Å². The Morgan fingerprint density at radius 3 is 2.17 bits per heavy atom. The zero-order valence-electron chi connectivity index (χ0n) is 3.93. The smallest absolute Gasteiger partial charge is 0.133 e. The van der Waals surface area contributed by atoms with Crippen LogP contribution in [0.2, 0.25) is 0 Å². The summed E-state index contributed by atoms with van der Waals surface area (Å²) in [6.07, 6.45) is 0. The first-order valence-electron chi connectivity index (χ1n) is 1.82. The standard InChI is InChI=1S/C4H7NS/c1-4(2)6-3-5/h4H,1-2H3. The van der Waals surface area contributed by atoms with Crippen molar-refractivity contribution >= 4 is 11.8 Å². The molecule has 0 radical (unpaired) electrons. The van der Waals surface area contributed by atoms with Gasteiger partial charge in [-0.3, -0.25) is 0 Å². The van der Waals surface area contributed by atoms with Crippen LogP contribution in [-0.4, -0.2) is 5.25 Å². The predicted octanol–water partition coefficient (Wildman–Crippen LogP) is 1.61. The van der Waals surface area contributed by atoms with Gasteiger partial charge in [-0.15, -0.1) is 0 Å². The van der Waals surface area contributed by atoms with Gasteiger partial charge in [0, 0.05) is 5.25 Å². The van der Waals surface area contributed by atoms with Crippen molar-refractivity contribution in [3.05, 3.63) is 0 Å². The molecular formula is C4H7NS. The largest absolute Gasteiger partial charge is 0.185 e. The third-order valence-electron chi connectivity index (χ3n) is 0.288. The van der Waals surface area contributed by atoms with Crippen molar-refractivity contribution in [3.63, 3.8) is 0 Å². The molecule has 0 aliphatic heterocycles. The fourth-order valence-electron chi connectivity index (χ4n) is 0.105. The van der Waals surface area contributed by atoms with Gasteiger partial charge in [0.1, 0.15) is 5.40 Å². The highest BCUT2D eigenvalue weighted by molar-refractivity contribution is 8.04. The van der Waals surface area contributed by atoms with Crippen molar-refractivity contribution < 1.29 is 0 Å². The molecule has 0 aliphatic carbocycles. The summed E-state index contributed by atoms with van der Waals surface area (Å²) in [5.74, 6) is 0. The molecule has 0 saturated carbocycles. The summed E-state index contributed by atoms with van der Waals surface area (Å²) >= 11 is 1.29. The molecule has 0 unspecified atom stereocenters. The second-order valence-electron chi connectivity index (χ2n) is 1.26. The van der Waals surface area contributed by atoms with Crippen molar-refractivity contribution in [1.82, 2.24) is 0 Å². The van der Waals surface area contributed by atoms with E-state index in [0.29, 0.717) is 5.25 Å². The summed E-state index contributed by atoms with van der Waals surface area (Å²) in [7, 11) is 0. The second kappa shape index (κ2) is 3.05. The molecule has 0 aromatic heterocycles. The van der Waals surface area contributed by atoms with E-state index in [1.807, 2.05) is 19.2 Å². The number of nitriles is 1. The molecule has 0 N–H and O–H groups in total. The van der Waals surface area contributed by atoms with Crippen molar-refractivity contribution in [1.29, 1.82) is 5.26 Å². The van der Waals surface area contributed by atoms with Crippen LogP contribution in [0, 0.1) is 10.7 Å². The molecule has 0 aromatic carbocycles. The molecule has 0 spiro atoms. The van der Waals surface area contributed by atoms with Gasteiger partial charge in [0.15, 0.2) is 0 Å². The summed E-state index contributed by atoms with van der Waals surface area (Å²) in [4.78, 5) is 0. The van der Waals surface area contributed by atoms with Crippen molar-refractivity contribution in [2.75, 3.05) is 0 Å². The highest BCUT2D eigenvalue weighted by Gasteiger charge is 1.86. The minimum atomic E-state index is 0.454. The number of thioether (sulfide) groups is 1. The lowest BCUT2D eigenvalue weighted by Gasteiger charge is -1.87. The molecule has 0 heterocycles. The summed E-state index contributed by atoms with van der Waals surface area (Å²) in [6, 6.07) is 0. The van der Waals surface area contributed by atoms with Gasteiger partial charge in [-0.1, -0.05) is 13.8 Å². The quantitative estimate of drug-likeness (QED) is 0.468. The van der Waals surface area contributed by atoms with E-state index in [9.17, 15) is 0 Å². The summed E-state index contributed by atoms with van der Waals surface area (Å²) < 4.78 is 0. The van der Waals surface area contributed by atoms with E-state index in [-0.39, 0.29) is 0 Å². The molecule has 0 aromatic rings. The van der Waals surface area contributed by atoms with Crippen molar-refractivity contribution in [2.24, 2.45) is 0 Å². The summed E-state index contributed by atoms with van der Waals surface area (Å²) in [5, 5.41) is 10.4. The van der Waals surface area contributed by atoms with E-state index in [4.69, 9.17) is 5.26 Å². The third kappa shape index (κ3) is 3.84. The van der Waals surface area contributed by atoms with Gasteiger partial charge >= 0.3 is 0 Å². The SMILES string of the molecule is CC(C)SC#N. The summed E-state index contributed by atoms with van der Waals surface area (Å²) in [6.45, 7) is 3.99. The zero-order chi connectivity index (χ0) is 4.99. The fraction of sp³-hybridized carbons (Fsp3) is 0.750. The minimum Gasteiger partial charge on any atom is -0.185 e. The van der Waals surface area contributed by atoms with Gasteiger partial charge in [0.2, 0.25) is 0 Å². The molecule has 0 atom stereocenters. The molecule has 0 aliphatic rings. The minimum absolute atomic E-state index is 0.454. The molecule has 34 valence electrons. The van der Waals surface area contributed by atoms with E-state index < -0.39 is 0 Å². The van der Waals surface area contributed by atoms with Crippen LogP contribution in [0.25, 0.3) is 0 Å². The molecule has 0 fully saturated rings. The van der Waals surface area contributed by atoms with Gasteiger partial charge in [-0.25, -0.2) is 0 Å². The maximum Gasteiger partial charge on any atom is 0.133 e. The number of hydrogen-bond acceptors (Lipinski definition) is 2. The van der Waals surface area contributed by atoms with E-state index in [1.54, 1.807) is 0 Å². The van der Waals surface area contributed by atoms with E-state index in [2.05, 4.69) is 0 Å². The Hall–Kier alpha value is -0.160. The Balaban J connectivity index is 2.88. The molecule has 2 heteroatoms. The molecule has 0 rings (SSSR count). The molecule has 1 nitrogen and oxygen atoms in total. The lowest BCUT2D eigenvalue weighted by Crippen LogP contribution is -1.79. The first-order chi connectivity index (χ1) is 2.77. The summed E-state index contributed by atoms with van der Waals surface area (Å²) in [5.41, 5.74) is 0. The second-order valence-corrected chi connectivity index (χ2v) is 2.62. The Kier molecular flexibility index (Phi) is 2.97. The highest BCUT2D eigenvalue weighted by Crippen LogP contribution is 2.03. The van der Waals surface area contributed by atoms with E-state index >= 15 is 0 Å². The number of rotatable bonds is 1. The zero-order valence-corrected chi connectivity index (χ0v) is 4.75.